The summed E-state index contributed by atoms with van der Waals surface area (Å²) in [5.74, 6) is -0.513. The predicted octanol–water partition coefficient (Wildman–Crippen LogP) is 0.347. The molecular formula is C9H11N3O4S. The van der Waals surface area contributed by atoms with Crippen LogP contribution in [0.15, 0.2) is 12.1 Å². The van der Waals surface area contributed by atoms with Gasteiger partial charge in [-0.2, -0.15) is 0 Å². The Kier molecular flexibility index (Phi) is 3.25. The van der Waals surface area contributed by atoms with E-state index in [0.29, 0.717) is 19.7 Å². The van der Waals surface area contributed by atoms with Crippen LogP contribution in [0.25, 0.3) is 0 Å². The minimum atomic E-state index is -0.648. The minimum absolute atomic E-state index is 0.0853. The lowest BCUT2D eigenvalue weighted by molar-refractivity contribution is -0.380. The second kappa shape index (κ2) is 4.68. The lowest BCUT2D eigenvalue weighted by Gasteiger charge is -2.31. The Balaban J connectivity index is 2.10. The zero-order valence-corrected chi connectivity index (χ0v) is 9.68. The molecule has 8 heteroatoms. The number of nitrogens with two attached hydrogens (primary N) is 1. The van der Waals surface area contributed by atoms with Gasteiger partial charge < -0.3 is 15.4 Å². The molecule has 0 aliphatic carbocycles. The Bertz CT molecular complexity index is 447. The third kappa shape index (κ3) is 2.53. The van der Waals surface area contributed by atoms with Crippen LogP contribution in [0.5, 0.6) is 0 Å². The van der Waals surface area contributed by atoms with Gasteiger partial charge in [0.2, 0.25) is 5.91 Å². The molecule has 0 unspecified atom stereocenters. The maximum atomic E-state index is 11.0. The first-order chi connectivity index (χ1) is 8.08. The molecule has 92 valence electrons. The van der Waals surface area contributed by atoms with E-state index in [2.05, 4.69) is 0 Å². The number of thiophene rings is 1. The van der Waals surface area contributed by atoms with Gasteiger partial charge in [-0.1, -0.05) is 0 Å². The van der Waals surface area contributed by atoms with Gasteiger partial charge in [-0.25, -0.2) is 0 Å². The largest absolute Gasteiger partial charge is 0.367 e. The second-order valence-electron chi connectivity index (χ2n) is 3.58. The highest BCUT2D eigenvalue weighted by Crippen LogP contribution is 2.32. The fourth-order valence-electron chi connectivity index (χ4n) is 1.61. The SMILES string of the molecule is NC(=O)[C@@H]1CN(c2ccc([N+](=O)[O-])s2)CCO1. The summed E-state index contributed by atoms with van der Waals surface area (Å²) in [7, 11) is 0. The molecule has 1 amide bonds. The predicted molar refractivity (Wildman–Crippen MR) is 62.1 cm³/mol. The van der Waals surface area contributed by atoms with E-state index in [9.17, 15) is 14.9 Å². The van der Waals surface area contributed by atoms with Crippen LogP contribution in [0, 0.1) is 10.1 Å². The lowest BCUT2D eigenvalue weighted by Crippen LogP contribution is -2.48. The van der Waals surface area contributed by atoms with Gasteiger partial charge in [-0.05, 0) is 17.4 Å². The number of carbonyl (C=O) groups excluding carboxylic acids is 1. The molecule has 1 fully saturated rings. The molecule has 2 rings (SSSR count). The number of nitrogens with zero attached hydrogens (tertiary/aromatic N) is 2. The first-order valence-corrected chi connectivity index (χ1v) is 5.79. The van der Waals surface area contributed by atoms with Crippen LogP contribution in [-0.4, -0.2) is 36.6 Å². The Hall–Kier alpha value is -1.67. The smallest absolute Gasteiger partial charge is 0.326 e. The highest BCUT2D eigenvalue weighted by Gasteiger charge is 2.26. The summed E-state index contributed by atoms with van der Waals surface area (Å²) in [6, 6.07) is 3.13. The summed E-state index contributed by atoms with van der Waals surface area (Å²) in [5, 5.41) is 11.4. The number of hydrogen-bond acceptors (Lipinski definition) is 6. The summed E-state index contributed by atoms with van der Waals surface area (Å²) in [6.07, 6.45) is -0.648. The van der Waals surface area contributed by atoms with Crippen LogP contribution in [0.3, 0.4) is 0 Å². The van der Waals surface area contributed by atoms with Crippen LogP contribution < -0.4 is 10.6 Å². The van der Waals surface area contributed by atoms with Crippen molar-refractivity contribution in [2.75, 3.05) is 24.6 Å². The number of primary amides is 1. The van der Waals surface area contributed by atoms with Gasteiger partial charge in [0.1, 0.15) is 0 Å². The van der Waals surface area contributed by atoms with Crippen LogP contribution >= 0.6 is 11.3 Å². The average Bonchev–Trinajstić information content (AvgIpc) is 2.78. The van der Waals surface area contributed by atoms with E-state index < -0.39 is 16.9 Å². The average molecular weight is 257 g/mol. The summed E-state index contributed by atoms with van der Waals surface area (Å²) in [4.78, 5) is 23.0. The van der Waals surface area contributed by atoms with E-state index in [0.717, 1.165) is 16.3 Å². The van der Waals surface area contributed by atoms with Crippen LogP contribution in [-0.2, 0) is 9.53 Å². The third-order valence-electron chi connectivity index (χ3n) is 2.45. The number of ether oxygens (including phenoxy) is 1. The van der Waals surface area contributed by atoms with Crippen molar-refractivity contribution < 1.29 is 14.5 Å². The molecule has 0 radical (unpaired) electrons. The Morgan fingerprint density at radius 1 is 1.65 bits per heavy atom. The van der Waals surface area contributed by atoms with E-state index in [1.54, 1.807) is 6.07 Å². The van der Waals surface area contributed by atoms with Gasteiger partial charge in [0, 0.05) is 12.6 Å². The van der Waals surface area contributed by atoms with Gasteiger partial charge in [-0.15, -0.1) is 0 Å². The number of anilines is 1. The van der Waals surface area contributed by atoms with Gasteiger partial charge in [0.15, 0.2) is 6.10 Å². The number of amides is 1. The minimum Gasteiger partial charge on any atom is -0.367 e. The van der Waals surface area contributed by atoms with Crippen molar-refractivity contribution in [1.82, 2.24) is 0 Å². The zero-order valence-electron chi connectivity index (χ0n) is 8.87. The Labute approximate surface area is 101 Å². The molecule has 1 aliphatic heterocycles. The quantitative estimate of drug-likeness (QED) is 0.622. The molecule has 0 bridgehead atoms. The van der Waals surface area contributed by atoms with Crippen LogP contribution in [0.2, 0.25) is 0 Å². The van der Waals surface area contributed by atoms with Crippen LogP contribution in [0.1, 0.15) is 0 Å². The first kappa shape index (κ1) is 11.8. The summed E-state index contributed by atoms with van der Waals surface area (Å²) in [6.45, 7) is 1.33. The molecular weight excluding hydrogens is 246 g/mol. The zero-order chi connectivity index (χ0) is 12.4. The van der Waals surface area contributed by atoms with Gasteiger partial charge in [0.25, 0.3) is 0 Å². The highest BCUT2D eigenvalue weighted by molar-refractivity contribution is 7.19. The molecule has 0 spiro atoms. The molecule has 1 aromatic rings. The monoisotopic (exact) mass is 257 g/mol. The van der Waals surface area contributed by atoms with E-state index in [-0.39, 0.29) is 5.00 Å². The van der Waals surface area contributed by atoms with Crippen molar-refractivity contribution in [3.05, 3.63) is 22.2 Å². The van der Waals surface area contributed by atoms with Gasteiger partial charge in [0.05, 0.1) is 23.1 Å². The van der Waals surface area contributed by atoms with E-state index in [1.165, 1.54) is 6.07 Å². The van der Waals surface area contributed by atoms with Gasteiger partial charge in [-0.3, -0.25) is 14.9 Å². The fourth-order valence-corrected chi connectivity index (χ4v) is 2.46. The van der Waals surface area contributed by atoms with Crippen LogP contribution in [0.4, 0.5) is 10.0 Å². The molecule has 7 nitrogen and oxygen atoms in total. The summed E-state index contributed by atoms with van der Waals surface area (Å²) in [5.41, 5.74) is 5.17. The first-order valence-electron chi connectivity index (χ1n) is 4.98. The highest BCUT2D eigenvalue weighted by atomic mass is 32.1. The molecule has 2 N–H and O–H groups in total. The maximum absolute atomic E-state index is 11.0. The molecule has 1 aromatic heterocycles. The van der Waals surface area contributed by atoms with Crippen molar-refractivity contribution in [2.24, 2.45) is 5.73 Å². The summed E-state index contributed by atoms with van der Waals surface area (Å²) < 4.78 is 5.20. The lowest BCUT2D eigenvalue weighted by atomic mass is 10.2. The number of hydrogen-bond donors (Lipinski definition) is 1. The molecule has 2 heterocycles. The van der Waals surface area contributed by atoms with Crippen molar-refractivity contribution >= 4 is 27.2 Å². The van der Waals surface area contributed by atoms with Crippen molar-refractivity contribution in [3.8, 4) is 0 Å². The maximum Gasteiger partial charge on any atom is 0.326 e. The van der Waals surface area contributed by atoms with E-state index in [1.807, 2.05) is 4.90 Å². The van der Waals surface area contributed by atoms with E-state index >= 15 is 0 Å². The van der Waals surface area contributed by atoms with Crippen molar-refractivity contribution in [1.29, 1.82) is 0 Å². The normalized spacial score (nSPS) is 20.2. The molecule has 17 heavy (non-hydrogen) atoms. The molecule has 1 aliphatic rings. The Morgan fingerprint density at radius 3 is 3.00 bits per heavy atom. The van der Waals surface area contributed by atoms with E-state index in [4.69, 9.17) is 10.5 Å². The van der Waals surface area contributed by atoms with Gasteiger partial charge >= 0.3 is 5.00 Å². The number of rotatable bonds is 3. The van der Waals surface area contributed by atoms with Crippen molar-refractivity contribution in [2.45, 2.75) is 6.10 Å². The Morgan fingerprint density at radius 2 is 2.41 bits per heavy atom. The topological polar surface area (TPSA) is 98.7 Å². The molecule has 1 atom stereocenters. The fraction of sp³-hybridized carbons (Fsp3) is 0.444. The van der Waals surface area contributed by atoms with Crippen molar-refractivity contribution in [3.63, 3.8) is 0 Å². The third-order valence-corrected chi connectivity index (χ3v) is 3.55. The molecule has 1 saturated heterocycles. The number of carbonyl (C=O) groups is 1. The molecule has 0 saturated carbocycles. The summed E-state index contributed by atoms with van der Waals surface area (Å²) >= 11 is 1.08. The number of morpholine rings is 1. The number of nitro groups is 1. The molecule has 0 aromatic carbocycles. The second-order valence-corrected chi connectivity index (χ2v) is 4.62. The standard InChI is InChI=1S/C9H11N3O4S/c10-9(13)6-5-11(3-4-16-6)7-1-2-8(17-7)12(14)15/h1-2,6H,3-5H2,(H2,10,13)/t6-/m0/s1.